The van der Waals surface area contributed by atoms with E-state index in [0.29, 0.717) is 18.1 Å². The molecule has 0 unspecified atom stereocenters. The third kappa shape index (κ3) is 1.66. The smallest absolute Gasteiger partial charge is 0.308 e. The molecule has 2 aliphatic rings. The second-order valence-corrected chi connectivity index (χ2v) is 5.34. The van der Waals surface area contributed by atoms with E-state index in [1.165, 1.54) is 7.11 Å². The van der Waals surface area contributed by atoms with Crippen LogP contribution >= 0.6 is 0 Å². The molecule has 0 aromatic carbocycles. The van der Waals surface area contributed by atoms with Crippen molar-refractivity contribution in [1.29, 1.82) is 0 Å². The SMILES string of the molecule is COC(=O)[C@@H]1CC[C@@]2(C1)C(=O)CCC[C@@H]2C. The Labute approximate surface area is 96.5 Å². The van der Waals surface area contributed by atoms with Gasteiger partial charge in [0, 0.05) is 11.8 Å². The molecule has 3 atom stereocenters. The van der Waals surface area contributed by atoms with Crippen LogP contribution in [0.15, 0.2) is 0 Å². The Balaban J connectivity index is 2.14. The normalized spacial score (nSPS) is 39.0. The van der Waals surface area contributed by atoms with E-state index < -0.39 is 0 Å². The van der Waals surface area contributed by atoms with Gasteiger partial charge in [0.2, 0.25) is 0 Å². The molecule has 0 aromatic heterocycles. The summed E-state index contributed by atoms with van der Waals surface area (Å²) in [5.74, 6) is 0.637. The van der Waals surface area contributed by atoms with Crippen molar-refractivity contribution < 1.29 is 14.3 Å². The monoisotopic (exact) mass is 224 g/mol. The average Bonchev–Trinajstić information content (AvgIpc) is 2.72. The second kappa shape index (κ2) is 4.19. The first-order valence-electron chi connectivity index (χ1n) is 6.21. The first-order chi connectivity index (χ1) is 7.60. The van der Waals surface area contributed by atoms with Crippen LogP contribution < -0.4 is 0 Å². The Hall–Kier alpha value is -0.860. The highest BCUT2D eigenvalue weighted by molar-refractivity contribution is 5.87. The van der Waals surface area contributed by atoms with Crippen molar-refractivity contribution in [3.8, 4) is 0 Å². The molecule has 0 aliphatic heterocycles. The van der Waals surface area contributed by atoms with Crippen LogP contribution in [0.3, 0.4) is 0 Å². The van der Waals surface area contributed by atoms with Gasteiger partial charge < -0.3 is 4.74 Å². The Morgan fingerprint density at radius 3 is 2.81 bits per heavy atom. The van der Waals surface area contributed by atoms with Gasteiger partial charge in [-0.3, -0.25) is 9.59 Å². The summed E-state index contributed by atoms with van der Waals surface area (Å²) >= 11 is 0. The maximum atomic E-state index is 12.1. The van der Waals surface area contributed by atoms with E-state index in [0.717, 1.165) is 32.1 Å². The van der Waals surface area contributed by atoms with E-state index in [1.54, 1.807) is 0 Å². The predicted molar refractivity (Wildman–Crippen MR) is 59.8 cm³/mol. The van der Waals surface area contributed by atoms with Crippen LogP contribution in [0.25, 0.3) is 0 Å². The van der Waals surface area contributed by atoms with Crippen molar-refractivity contribution in [2.75, 3.05) is 7.11 Å². The van der Waals surface area contributed by atoms with Crippen LogP contribution in [0, 0.1) is 17.3 Å². The predicted octanol–water partition coefficient (Wildman–Crippen LogP) is 2.33. The number of carbonyl (C=O) groups excluding carboxylic acids is 2. The first-order valence-corrected chi connectivity index (χ1v) is 6.21. The molecule has 2 fully saturated rings. The van der Waals surface area contributed by atoms with Gasteiger partial charge in [-0.2, -0.15) is 0 Å². The van der Waals surface area contributed by atoms with Crippen LogP contribution in [-0.2, 0) is 14.3 Å². The summed E-state index contributed by atoms with van der Waals surface area (Å²) in [6.07, 6.45) is 5.28. The zero-order chi connectivity index (χ0) is 11.8. The van der Waals surface area contributed by atoms with Crippen molar-refractivity contribution in [3.63, 3.8) is 0 Å². The van der Waals surface area contributed by atoms with Crippen molar-refractivity contribution in [3.05, 3.63) is 0 Å². The molecule has 0 heterocycles. The van der Waals surface area contributed by atoms with Crippen LogP contribution in [0.4, 0.5) is 0 Å². The second-order valence-electron chi connectivity index (χ2n) is 5.34. The number of carbonyl (C=O) groups is 2. The van der Waals surface area contributed by atoms with Gasteiger partial charge in [0.05, 0.1) is 13.0 Å². The summed E-state index contributed by atoms with van der Waals surface area (Å²) in [5.41, 5.74) is -0.197. The molecule has 2 saturated carbocycles. The number of hydrogen-bond donors (Lipinski definition) is 0. The topological polar surface area (TPSA) is 43.4 Å². The zero-order valence-electron chi connectivity index (χ0n) is 10.1. The minimum absolute atomic E-state index is 0.0468. The van der Waals surface area contributed by atoms with Gasteiger partial charge >= 0.3 is 5.97 Å². The molecule has 0 bridgehead atoms. The molecule has 90 valence electrons. The molecule has 0 aromatic rings. The van der Waals surface area contributed by atoms with E-state index in [4.69, 9.17) is 4.74 Å². The molecule has 0 saturated heterocycles. The van der Waals surface area contributed by atoms with Crippen molar-refractivity contribution in [2.45, 2.75) is 45.4 Å². The van der Waals surface area contributed by atoms with Gasteiger partial charge in [-0.25, -0.2) is 0 Å². The minimum atomic E-state index is -0.197. The van der Waals surface area contributed by atoms with Crippen LogP contribution in [-0.4, -0.2) is 18.9 Å². The zero-order valence-corrected chi connectivity index (χ0v) is 10.1. The molecule has 2 rings (SSSR count). The van der Waals surface area contributed by atoms with Crippen molar-refractivity contribution in [1.82, 2.24) is 0 Å². The average molecular weight is 224 g/mol. The van der Waals surface area contributed by atoms with Crippen LogP contribution in [0.2, 0.25) is 0 Å². The quantitative estimate of drug-likeness (QED) is 0.642. The molecule has 16 heavy (non-hydrogen) atoms. The first kappa shape index (κ1) is 11.6. The fraction of sp³-hybridized carbons (Fsp3) is 0.846. The summed E-state index contributed by atoms with van der Waals surface area (Å²) < 4.78 is 4.79. The summed E-state index contributed by atoms with van der Waals surface area (Å²) in [7, 11) is 1.43. The summed E-state index contributed by atoms with van der Waals surface area (Å²) in [4.78, 5) is 23.7. The number of rotatable bonds is 1. The molecule has 2 aliphatic carbocycles. The van der Waals surface area contributed by atoms with Gasteiger partial charge in [0.1, 0.15) is 5.78 Å². The van der Waals surface area contributed by atoms with Gasteiger partial charge in [-0.05, 0) is 38.0 Å². The molecule has 3 heteroatoms. The largest absolute Gasteiger partial charge is 0.469 e. The molecule has 0 N–H and O–H groups in total. The number of Topliss-reactive ketones (excluding diaryl/α,β-unsaturated/α-hetero) is 1. The highest BCUT2D eigenvalue weighted by atomic mass is 16.5. The molecule has 0 radical (unpaired) electrons. The third-order valence-electron chi connectivity index (χ3n) is 4.62. The van der Waals surface area contributed by atoms with Crippen LogP contribution in [0.1, 0.15) is 45.4 Å². The molecular formula is C13H20O3. The van der Waals surface area contributed by atoms with Gasteiger partial charge in [-0.15, -0.1) is 0 Å². The van der Waals surface area contributed by atoms with E-state index in [-0.39, 0.29) is 17.3 Å². The lowest BCUT2D eigenvalue weighted by atomic mass is 9.65. The van der Waals surface area contributed by atoms with Gasteiger partial charge in [0.25, 0.3) is 0 Å². The fourth-order valence-electron chi connectivity index (χ4n) is 3.51. The lowest BCUT2D eigenvalue weighted by Crippen LogP contribution is -2.39. The Kier molecular flexibility index (Phi) is 3.04. The number of ether oxygens (including phenoxy) is 1. The number of methoxy groups -OCH3 is 1. The number of ketones is 1. The van der Waals surface area contributed by atoms with Crippen molar-refractivity contribution >= 4 is 11.8 Å². The molecule has 3 nitrogen and oxygen atoms in total. The lowest BCUT2D eigenvalue weighted by Gasteiger charge is -2.38. The van der Waals surface area contributed by atoms with Gasteiger partial charge in [0.15, 0.2) is 0 Å². The molecular weight excluding hydrogens is 204 g/mol. The summed E-state index contributed by atoms with van der Waals surface area (Å²) in [6.45, 7) is 2.16. The highest BCUT2D eigenvalue weighted by Crippen LogP contribution is 2.52. The summed E-state index contributed by atoms with van der Waals surface area (Å²) in [5, 5.41) is 0. The minimum Gasteiger partial charge on any atom is -0.469 e. The Morgan fingerprint density at radius 1 is 1.44 bits per heavy atom. The fourth-order valence-corrected chi connectivity index (χ4v) is 3.51. The maximum absolute atomic E-state index is 12.1. The van der Waals surface area contributed by atoms with E-state index in [9.17, 15) is 9.59 Å². The standard InChI is InChI=1S/C13H20O3/c1-9-4-3-5-11(14)13(9)7-6-10(8-13)12(15)16-2/h9-10H,3-8H2,1-2H3/t9-,10+,13-/m0/s1. The van der Waals surface area contributed by atoms with Crippen molar-refractivity contribution in [2.24, 2.45) is 17.3 Å². The Bertz CT molecular complexity index is 310. The third-order valence-corrected chi connectivity index (χ3v) is 4.62. The molecule has 1 spiro atoms. The van der Waals surface area contributed by atoms with Crippen LogP contribution in [0.5, 0.6) is 0 Å². The lowest BCUT2D eigenvalue weighted by molar-refractivity contribution is -0.146. The van der Waals surface area contributed by atoms with E-state index in [1.807, 2.05) is 0 Å². The maximum Gasteiger partial charge on any atom is 0.308 e. The number of esters is 1. The summed E-state index contributed by atoms with van der Waals surface area (Å²) in [6, 6.07) is 0. The highest BCUT2D eigenvalue weighted by Gasteiger charge is 2.51. The van der Waals surface area contributed by atoms with Gasteiger partial charge in [-0.1, -0.05) is 6.92 Å². The molecule has 0 amide bonds. The number of hydrogen-bond acceptors (Lipinski definition) is 3. The van der Waals surface area contributed by atoms with E-state index in [2.05, 4.69) is 6.92 Å². The Morgan fingerprint density at radius 2 is 2.19 bits per heavy atom. The van der Waals surface area contributed by atoms with E-state index >= 15 is 0 Å².